The van der Waals surface area contributed by atoms with Gasteiger partial charge in [0.2, 0.25) is 5.91 Å². The highest BCUT2D eigenvalue weighted by Crippen LogP contribution is 2.26. The summed E-state index contributed by atoms with van der Waals surface area (Å²) in [5.74, 6) is 0.446. The van der Waals surface area contributed by atoms with Gasteiger partial charge >= 0.3 is 0 Å². The Kier molecular flexibility index (Phi) is 3.85. The molecule has 0 bridgehead atoms. The van der Waals surface area contributed by atoms with E-state index in [0.29, 0.717) is 23.0 Å². The van der Waals surface area contributed by atoms with Crippen molar-refractivity contribution in [2.24, 2.45) is 5.92 Å². The van der Waals surface area contributed by atoms with Gasteiger partial charge in [-0.05, 0) is 43.6 Å². The average Bonchev–Trinajstić information content (AvgIpc) is 2.91. The molecular weight excluding hydrogens is 274 g/mol. The number of benzene rings is 1. The van der Waals surface area contributed by atoms with E-state index in [1.54, 1.807) is 12.3 Å². The van der Waals surface area contributed by atoms with Crippen LogP contribution >= 0.6 is 11.6 Å². The van der Waals surface area contributed by atoms with Gasteiger partial charge in [-0.1, -0.05) is 17.7 Å². The molecule has 20 heavy (non-hydrogen) atoms. The Balaban J connectivity index is 1.81. The number of amides is 1. The summed E-state index contributed by atoms with van der Waals surface area (Å²) in [6, 6.07) is 7.39. The van der Waals surface area contributed by atoms with E-state index in [1.807, 2.05) is 18.2 Å². The molecule has 3 rings (SSSR count). The summed E-state index contributed by atoms with van der Waals surface area (Å²) in [5.41, 5.74) is 1.46. The van der Waals surface area contributed by atoms with E-state index in [1.165, 1.54) is 0 Å². The first-order valence-corrected chi connectivity index (χ1v) is 7.15. The molecule has 104 valence electrons. The average molecular weight is 290 g/mol. The summed E-state index contributed by atoms with van der Waals surface area (Å²) < 4.78 is 0. The van der Waals surface area contributed by atoms with Crippen LogP contribution in [0.25, 0.3) is 10.9 Å². The lowest BCUT2D eigenvalue weighted by Crippen LogP contribution is -2.18. The molecule has 1 unspecified atom stereocenters. The van der Waals surface area contributed by atoms with Crippen molar-refractivity contribution in [3.05, 3.63) is 35.5 Å². The fourth-order valence-corrected chi connectivity index (χ4v) is 2.83. The second-order valence-electron chi connectivity index (χ2n) is 5.14. The molecule has 5 heteroatoms. The van der Waals surface area contributed by atoms with Crippen LogP contribution in [0.15, 0.2) is 30.5 Å². The normalized spacial score (nSPS) is 18.4. The smallest absolute Gasteiger partial charge is 0.224 e. The lowest BCUT2D eigenvalue weighted by Gasteiger charge is -2.11. The first-order chi connectivity index (χ1) is 9.72. The van der Waals surface area contributed by atoms with Gasteiger partial charge in [-0.3, -0.25) is 9.78 Å². The molecule has 1 aromatic carbocycles. The second-order valence-corrected chi connectivity index (χ2v) is 5.58. The van der Waals surface area contributed by atoms with Gasteiger partial charge in [0, 0.05) is 23.0 Å². The number of carbonyl (C=O) groups excluding carboxylic acids is 1. The highest BCUT2D eigenvalue weighted by molar-refractivity contribution is 6.32. The fraction of sp³-hybridized carbons (Fsp3) is 0.333. The maximum Gasteiger partial charge on any atom is 0.224 e. The van der Waals surface area contributed by atoms with E-state index < -0.39 is 0 Å². The number of hydrogen-bond donors (Lipinski definition) is 2. The first-order valence-electron chi connectivity index (χ1n) is 6.77. The van der Waals surface area contributed by atoms with Gasteiger partial charge in [-0.15, -0.1) is 0 Å². The van der Waals surface area contributed by atoms with Crippen LogP contribution in [-0.2, 0) is 4.79 Å². The number of pyridine rings is 1. The van der Waals surface area contributed by atoms with E-state index in [9.17, 15) is 4.79 Å². The van der Waals surface area contributed by atoms with Crippen molar-refractivity contribution in [3.63, 3.8) is 0 Å². The lowest BCUT2D eigenvalue weighted by atomic mass is 10.0. The molecule has 2 heterocycles. The molecule has 0 aliphatic carbocycles. The van der Waals surface area contributed by atoms with Crippen LogP contribution in [0, 0.1) is 5.92 Å². The van der Waals surface area contributed by atoms with E-state index in [-0.39, 0.29) is 5.91 Å². The van der Waals surface area contributed by atoms with E-state index in [4.69, 9.17) is 11.6 Å². The van der Waals surface area contributed by atoms with Gasteiger partial charge in [0.15, 0.2) is 0 Å². The van der Waals surface area contributed by atoms with Crippen LogP contribution in [0.3, 0.4) is 0 Å². The van der Waals surface area contributed by atoms with Crippen molar-refractivity contribution in [1.82, 2.24) is 10.3 Å². The Morgan fingerprint density at radius 3 is 3.20 bits per heavy atom. The van der Waals surface area contributed by atoms with Gasteiger partial charge in [0.05, 0.1) is 11.2 Å². The largest absolute Gasteiger partial charge is 0.324 e. The summed E-state index contributed by atoms with van der Waals surface area (Å²) in [5, 5.41) is 7.73. The van der Waals surface area contributed by atoms with Crippen LogP contribution in [-0.4, -0.2) is 24.0 Å². The van der Waals surface area contributed by atoms with Crippen molar-refractivity contribution in [1.29, 1.82) is 0 Å². The van der Waals surface area contributed by atoms with Gasteiger partial charge < -0.3 is 10.6 Å². The molecule has 0 spiro atoms. The monoisotopic (exact) mass is 289 g/mol. The van der Waals surface area contributed by atoms with Gasteiger partial charge in [0.1, 0.15) is 0 Å². The molecule has 0 saturated carbocycles. The van der Waals surface area contributed by atoms with E-state index in [0.717, 1.165) is 30.4 Å². The molecular formula is C15H16ClN3O. The SMILES string of the molecule is O=C(CC1CCNC1)Nc1cc(Cl)cc2cccnc12. The highest BCUT2D eigenvalue weighted by Gasteiger charge is 2.18. The molecule has 1 aliphatic rings. The third-order valence-electron chi connectivity index (χ3n) is 3.58. The lowest BCUT2D eigenvalue weighted by molar-refractivity contribution is -0.116. The molecule has 1 aliphatic heterocycles. The van der Waals surface area contributed by atoms with Crippen LogP contribution < -0.4 is 10.6 Å². The highest BCUT2D eigenvalue weighted by atomic mass is 35.5. The zero-order chi connectivity index (χ0) is 13.9. The zero-order valence-electron chi connectivity index (χ0n) is 11.0. The summed E-state index contributed by atoms with van der Waals surface area (Å²) in [6.45, 7) is 1.92. The fourth-order valence-electron chi connectivity index (χ4n) is 2.60. The number of rotatable bonds is 3. The number of carbonyl (C=O) groups is 1. The molecule has 1 amide bonds. The Morgan fingerprint density at radius 1 is 1.50 bits per heavy atom. The molecule has 1 fully saturated rings. The molecule has 2 N–H and O–H groups in total. The quantitative estimate of drug-likeness (QED) is 0.913. The van der Waals surface area contributed by atoms with Crippen LogP contribution in [0.4, 0.5) is 5.69 Å². The summed E-state index contributed by atoms with van der Waals surface area (Å²) >= 11 is 6.09. The van der Waals surface area contributed by atoms with Crippen molar-refractivity contribution >= 4 is 34.1 Å². The summed E-state index contributed by atoms with van der Waals surface area (Å²) in [4.78, 5) is 16.4. The molecule has 0 radical (unpaired) electrons. The Bertz CT molecular complexity index is 638. The van der Waals surface area contributed by atoms with Crippen LogP contribution in [0.2, 0.25) is 5.02 Å². The molecule has 1 aromatic heterocycles. The summed E-state index contributed by atoms with van der Waals surface area (Å²) in [6.07, 6.45) is 3.31. The third kappa shape index (κ3) is 2.92. The number of fused-ring (bicyclic) bond motifs is 1. The Hall–Kier alpha value is -1.65. The summed E-state index contributed by atoms with van der Waals surface area (Å²) in [7, 11) is 0. The van der Waals surface area contributed by atoms with Crippen LogP contribution in [0.1, 0.15) is 12.8 Å². The van der Waals surface area contributed by atoms with Crippen LogP contribution in [0.5, 0.6) is 0 Å². The maximum absolute atomic E-state index is 12.1. The Labute approximate surface area is 122 Å². The number of nitrogens with zero attached hydrogens (tertiary/aromatic N) is 1. The predicted molar refractivity (Wildman–Crippen MR) is 81.0 cm³/mol. The van der Waals surface area contributed by atoms with Gasteiger partial charge in [-0.25, -0.2) is 0 Å². The molecule has 1 saturated heterocycles. The standard InChI is InChI=1S/C15H16ClN3O/c16-12-7-11-2-1-4-18-15(11)13(8-12)19-14(20)6-10-3-5-17-9-10/h1-2,4,7-8,10,17H,3,5-6,9H2,(H,19,20). The van der Waals surface area contributed by atoms with Crippen molar-refractivity contribution in [2.45, 2.75) is 12.8 Å². The minimum absolute atomic E-state index is 0.0212. The third-order valence-corrected chi connectivity index (χ3v) is 3.80. The number of hydrogen-bond acceptors (Lipinski definition) is 3. The zero-order valence-corrected chi connectivity index (χ0v) is 11.8. The van der Waals surface area contributed by atoms with E-state index >= 15 is 0 Å². The van der Waals surface area contributed by atoms with Gasteiger partial charge in [-0.2, -0.15) is 0 Å². The first kappa shape index (κ1) is 13.3. The van der Waals surface area contributed by atoms with Crippen molar-refractivity contribution in [2.75, 3.05) is 18.4 Å². The minimum Gasteiger partial charge on any atom is -0.324 e. The number of halogens is 1. The Morgan fingerprint density at radius 2 is 2.40 bits per heavy atom. The predicted octanol–water partition coefficient (Wildman–Crippen LogP) is 2.83. The van der Waals surface area contributed by atoms with E-state index in [2.05, 4.69) is 15.6 Å². The maximum atomic E-state index is 12.1. The topological polar surface area (TPSA) is 54.0 Å². The van der Waals surface area contributed by atoms with Gasteiger partial charge in [0.25, 0.3) is 0 Å². The molecule has 4 nitrogen and oxygen atoms in total. The number of anilines is 1. The number of aromatic nitrogens is 1. The number of nitrogens with one attached hydrogen (secondary N) is 2. The minimum atomic E-state index is 0.0212. The molecule has 2 aromatic rings. The van der Waals surface area contributed by atoms with Crippen molar-refractivity contribution in [3.8, 4) is 0 Å². The second kappa shape index (κ2) is 5.77. The molecule has 1 atom stereocenters. The van der Waals surface area contributed by atoms with Crippen molar-refractivity contribution < 1.29 is 4.79 Å².